The van der Waals surface area contributed by atoms with E-state index in [-0.39, 0.29) is 12.4 Å². The van der Waals surface area contributed by atoms with Gasteiger partial charge in [0.15, 0.2) is 12.4 Å². The van der Waals surface area contributed by atoms with E-state index in [1.54, 1.807) is 43.5 Å². The first-order valence-electron chi connectivity index (χ1n) is 6.49. The summed E-state index contributed by atoms with van der Waals surface area (Å²) in [7, 11) is 1.58. The smallest absolute Gasteiger partial charge is 0.200 e. The van der Waals surface area contributed by atoms with E-state index in [4.69, 9.17) is 14.7 Å². The largest absolute Gasteiger partial charge is 0.497 e. The Kier molecular flexibility index (Phi) is 4.94. The van der Waals surface area contributed by atoms with Crippen LogP contribution in [0.2, 0.25) is 0 Å². The Bertz CT molecular complexity index is 639. The Morgan fingerprint density at radius 3 is 2.24 bits per heavy atom. The number of methoxy groups -OCH3 is 1. The molecule has 0 spiro atoms. The van der Waals surface area contributed by atoms with E-state index in [0.29, 0.717) is 23.5 Å². The highest BCUT2D eigenvalue weighted by atomic mass is 16.5. The molecule has 106 valence electrons. The molecule has 4 nitrogen and oxygen atoms in total. The molecule has 0 radical (unpaired) electrons. The predicted molar refractivity (Wildman–Crippen MR) is 78.6 cm³/mol. The van der Waals surface area contributed by atoms with Gasteiger partial charge in [0.1, 0.15) is 11.5 Å². The lowest BCUT2D eigenvalue weighted by atomic mass is 10.1. The minimum Gasteiger partial charge on any atom is -0.497 e. The van der Waals surface area contributed by atoms with Gasteiger partial charge in [-0.1, -0.05) is 12.1 Å². The van der Waals surface area contributed by atoms with Crippen molar-refractivity contribution in [3.63, 3.8) is 0 Å². The summed E-state index contributed by atoms with van der Waals surface area (Å²) in [6.07, 6.45) is 0.366. The molecule has 0 unspecified atom stereocenters. The molecule has 0 saturated heterocycles. The van der Waals surface area contributed by atoms with Crippen molar-refractivity contribution in [2.24, 2.45) is 0 Å². The van der Waals surface area contributed by atoms with Crippen LogP contribution in [-0.2, 0) is 6.42 Å². The molecule has 21 heavy (non-hydrogen) atoms. The van der Waals surface area contributed by atoms with Crippen molar-refractivity contribution in [2.45, 2.75) is 6.42 Å². The molecule has 0 aliphatic heterocycles. The van der Waals surface area contributed by atoms with Crippen LogP contribution in [0.1, 0.15) is 15.9 Å². The first-order chi connectivity index (χ1) is 10.2. The number of Topliss-reactive ketones (excluding diaryl/α,β-unsaturated/α-hetero) is 1. The number of nitrogens with zero attached hydrogens (tertiary/aromatic N) is 1. The standard InChI is InChI=1S/C17H15NO3/c1-20-15-8-4-14(5-9-15)17(19)12-21-16-6-2-13(3-7-16)10-11-18/h2-9H,10,12H2,1H3. The van der Waals surface area contributed by atoms with Crippen molar-refractivity contribution in [1.82, 2.24) is 0 Å². The predicted octanol–water partition coefficient (Wildman–Crippen LogP) is 3.02. The minimum atomic E-state index is -0.0984. The van der Waals surface area contributed by atoms with Gasteiger partial charge in [-0.2, -0.15) is 5.26 Å². The lowest BCUT2D eigenvalue weighted by molar-refractivity contribution is 0.0921. The summed E-state index contributed by atoms with van der Waals surface area (Å²) in [5.41, 5.74) is 1.50. The number of ketones is 1. The van der Waals surface area contributed by atoms with E-state index in [1.165, 1.54) is 0 Å². The molecule has 0 aliphatic rings. The molecule has 0 amide bonds. The third-order valence-corrected chi connectivity index (χ3v) is 2.99. The third-order valence-electron chi connectivity index (χ3n) is 2.99. The molecule has 0 saturated carbocycles. The second-order valence-electron chi connectivity index (χ2n) is 4.42. The second-order valence-corrected chi connectivity index (χ2v) is 4.42. The highest BCUT2D eigenvalue weighted by Gasteiger charge is 2.07. The fourth-order valence-corrected chi connectivity index (χ4v) is 1.80. The number of rotatable bonds is 6. The molecule has 4 heteroatoms. The van der Waals surface area contributed by atoms with Crippen LogP contribution in [0.15, 0.2) is 48.5 Å². The minimum absolute atomic E-state index is 0.0239. The zero-order valence-electron chi connectivity index (χ0n) is 11.7. The average Bonchev–Trinajstić information content (AvgIpc) is 2.54. The Morgan fingerprint density at radius 1 is 1.05 bits per heavy atom. The molecule has 0 bridgehead atoms. The fraction of sp³-hybridized carbons (Fsp3) is 0.176. The number of carbonyl (C=O) groups is 1. The molecule has 2 rings (SSSR count). The summed E-state index contributed by atoms with van der Waals surface area (Å²) < 4.78 is 10.5. The summed E-state index contributed by atoms with van der Waals surface area (Å²) >= 11 is 0. The van der Waals surface area contributed by atoms with E-state index in [9.17, 15) is 4.79 Å². The van der Waals surface area contributed by atoms with E-state index in [0.717, 1.165) is 5.56 Å². The maximum absolute atomic E-state index is 12.0. The lowest BCUT2D eigenvalue weighted by Crippen LogP contribution is -2.11. The average molecular weight is 281 g/mol. The number of nitriles is 1. The third kappa shape index (κ3) is 4.08. The van der Waals surface area contributed by atoms with Crippen molar-refractivity contribution < 1.29 is 14.3 Å². The van der Waals surface area contributed by atoms with Gasteiger partial charge in [-0.3, -0.25) is 4.79 Å². The molecule has 2 aromatic rings. The van der Waals surface area contributed by atoms with Crippen molar-refractivity contribution in [3.05, 3.63) is 59.7 Å². The maximum atomic E-state index is 12.0. The van der Waals surface area contributed by atoms with Crippen LogP contribution in [0.4, 0.5) is 0 Å². The molecular formula is C17H15NO3. The second kappa shape index (κ2) is 7.11. The zero-order valence-corrected chi connectivity index (χ0v) is 11.7. The van der Waals surface area contributed by atoms with Gasteiger partial charge in [0.05, 0.1) is 19.6 Å². The zero-order chi connectivity index (χ0) is 15.1. The van der Waals surface area contributed by atoms with Gasteiger partial charge in [-0.15, -0.1) is 0 Å². The number of ether oxygens (including phenoxy) is 2. The number of hydrogen-bond donors (Lipinski definition) is 0. The fourth-order valence-electron chi connectivity index (χ4n) is 1.80. The van der Waals surface area contributed by atoms with Gasteiger partial charge in [-0.05, 0) is 42.0 Å². The SMILES string of the molecule is COc1ccc(C(=O)COc2ccc(CC#N)cc2)cc1. The molecule has 0 fully saturated rings. The van der Waals surface area contributed by atoms with Gasteiger partial charge in [0, 0.05) is 5.56 Å². The van der Waals surface area contributed by atoms with Crippen LogP contribution in [-0.4, -0.2) is 19.5 Å². The Labute approximate surface area is 123 Å². The Hall–Kier alpha value is -2.80. The van der Waals surface area contributed by atoms with Crippen LogP contribution in [0.25, 0.3) is 0 Å². The van der Waals surface area contributed by atoms with Crippen LogP contribution in [0.3, 0.4) is 0 Å². The van der Waals surface area contributed by atoms with Crippen molar-refractivity contribution >= 4 is 5.78 Å². The maximum Gasteiger partial charge on any atom is 0.200 e. The lowest BCUT2D eigenvalue weighted by Gasteiger charge is -2.06. The van der Waals surface area contributed by atoms with Gasteiger partial charge in [0.25, 0.3) is 0 Å². The van der Waals surface area contributed by atoms with Crippen LogP contribution >= 0.6 is 0 Å². The van der Waals surface area contributed by atoms with Crippen LogP contribution < -0.4 is 9.47 Å². The van der Waals surface area contributed by atoms with Gasteiger partial charge in [-0.25, -0.2) is 0 Å². The molecule has 2 aromatic carbocycles. The number of carbonyl (C=O) groups excluding carboxylic acids is 1. The van der Waals surface area contributed by atoms with E-state index in [2.05, 4.69) is 6.07 Å². The molecule has 0 N–H and O–H groups in total. The van der Waals surface area contributed by atoms with Crippen LogP contribution in [0.5, 0.6) is 11.5 Å². The van der Waals surface area contributed by atoms with Crippen molar-refractivity contribution in [3.8, 4) is 17.6 Å². The number of benzene rings is 2. The monoisotopic (exact) mass is 281 g/mol. The topological polar surface area (TPSA) is 59.3 Å². The van der Waals surface area contributed by atoms with Crippen LogP contribution in [0, 0.1) is 11.3 Å². The summed E-state index contributed by atoms with van der Waals surface area (Å²) in [6, 6.07) is 16.1. The van der Waals surface area contributed by atoms with Crippen molar-refractivity contribution in [1.29, 1.82) is 5.26 Å². The van der Waals surface area contributed by atoms with Gasteiger partial charge >= 0.3 is 0 Å². The Morgan fingerprint density at radius 2 is 1.67 bits per heavy atom. The van der Waals surface area contributed by atoms with E-state index < -0.39 is 0 Å². The summed E-state index contributed by atoms with van der Waals surface area (Å²) in [6.45, 7) is -0.0239. The van der Waals surface area contributed by atoms with E-state index in [1.807, 2.05) is 12.1 Å². The summed E-state index contributed by atoms with van der Waals surface area (Å²) in [5.74, 6) is 1.22. The molecule has 0 aromatic heterocycles. The van der Waals surface area contributed by atoms with Gasteiger partial charge in [0.2, 0.25) is 0 Å². The van der Waals surface area contributed by atoms with Gasteiger partial charge < -0.3 is 9.47 Å². The number of hydrogen-bond acceptors (Lipinski definition) is 4. The van der Waals surface area contributed by atoms with Crippen molar-refractivity contribution in [2.75, 3.05) is 13.7 Å². The highest BCUT2D eigenvalue weighted by Crippen LogP contribution is 2.14. The first-order valence-corrected chi connectivity index (χ1v) is 6.49. The molecule has 0 aliphatic carbocycles. The molecule has 0 atom stereocenters. The highest BCUT2D eigenvalue weighted by molar-refractivity contribution is 5.97. The Balaban J connectivity index is 1.92. The normalized spacial score (nSPS) is 9.71. The molecule has 0 heterocycles. The quantitative estimate of drug-likeness (QED) is 0.764. The van der Waals surface area contributed by atoms with E-state index >= 15 is 0 Å². The summed E-state index contributed by atoms with van der Waals surface area (Å²) in [4.78, 5) is 12.0. The first kappa shape index (κ1) is 14.6. The summed E-state index contributed by atoms with van der Waals surface area (Å²) in [5, 5.41) is 8.59. The molecular weight excluding hydrogens is 266 g/mol.